The molecule has 158 valence electrons. The molecule has 0 saturated heterocycles. The van der Waals surface area contributed by atoms with E-state index >= 15 is 0 Å². The minimum absolute atomic E-state index is 0.0108. The molecule has 0 atom stereocenters. The number of carbonyl (C=O) groups excluding carboxylic acids is 1. The first-order chi connectivity index (χ1) is 14.3. The van der Waals surface area contributed by atoms with Gasteiger partial charge in [0.25, 0.3) is 0 Å². The highest BCUT2D eigenvalue weighted by Gasteiger charge is 2.13. The standard InChI is InChI=1S/C22H28N6O2/c1-14(2)30-17-5-6-19(24)18(11-17)22(25)16-8-9-27-20(10-16)28-21(29)7-4-15(12-23)13-26-3/h5-6,8-14,25H,4,7,23-24H2,1-3H3,(H,27,28,29). The molecule has 0 unspecified atom stereocenters. The van der Waals surface area contributed by atoms with Crippen molar-refractivity contribution in [3.8, 4) is 5.75 Å². The van der Waals surface area contributed by atoms with E-state index in [1.165, 1.54) is 6.20 Å². The lowest BCUT2D eigenvalue weighted by atomic mass is 10.0. The molecule has 1 aromatic carbocycles. The Labute approximate surface area is 176 Å². The van der Waals surface area contributed by atoms with Gasteiger partial charge in [-0.15, -0.1) is 0 Å². The molecule has 0 radical (unpaired) electrons. The molecule has 30 heavy (non-hydrogen) atoms. The maximum atomic E-state index is 12.2. The molecule has 0 fully saturated rings. The van der Waals surface area contributed by atoms with E-state index in [4.69, 9.17) is 21.6 Å². The summed E-state index contributed by atoms with van der Waals surface area (Å²) in [5.41, 5.74) is 14.2. The van der Waals surface area contributed by atoms with Gasteiger partial charge in [0, 0.05) is 42.7 Å². The van der Waals surface area contributed by atoms with Crippen molar-refractivity contribution in [2.45, 2.75) is 32.8 Å². The normalized spacial score (nSPS) is 11.7. The minimum atomic E-state index is -0.207. The number of allylic oxidation sites excluding steroid dienone is 1. The van der Waals surface area contributed by atoms with Gasteiger partial charge in [-0.2, -0.15) is 0 Å². The number of nitrogens with two attached hydrogens (primary N) is 2. The molecule has 1 aromatic heterocycles. The number of amides is 1. The Morgan fingerprint density at radius 1 is 1.30 bits per heavy atom. The van der Waals surface area contributed by atoms with Crippen LogP contribution in [0, 0.1) is 5.41 Å². The van der Waals surface area contributed by atoms with Crippen LogP contribution >= 0.6 is 0 Å². The molecule has 8 nitrogen and oxygen atoms in total. The molecule has 0 saturated carbocycles. The predicted octanol–water partition coefficient (Wildman–Crippen LogP) is 3.13. The zero-order chi connectivity index (χ0) is 22.1. The quantitative estimate of drug-likeness (QED) is 0.373. The number of pyridine rings is 1. The van der Waals surface area contributed by atoms with Gasteiger partial charge in [0.2, 0.25) is 5.91 Å². The van der Waals surface area contributed by atoms with Crippen LogP contribution in [0.25, 0.3) is 0 Å². The third-order valence-electron chi connectivity index (χ3n) is 4.13. The third-order valence-corrected chi connectivity index (χ3v) is 4.13. The number of aliphatic imine (C=N–C) groups is 1. The Kier molecular flexibility index (Phi) is 8.10. The number of nitrogens with one attached hydrogen (secondary N) is 2. The maximum absolute atomic E-state index is 12.2. The van der Waals surface area contributed by atoms with Crippen LogP contribution in [0.2, 0.25) is 0 Å². The Balaban J connectivity index is 2.13. The lowest BCUT2D eigenvalue weighted by Crippen LogP contribution is -2.14. The SMILES string of the molecule is CN=CC(=CN)CCC(=O)Nc1cc(C(=N)c2cc(OC(C)C)ccc2N)ccn1. The Hall–Kier alpha value is -3.68. The van der Waals surface area contributed by atoms with Crippen LogP contribution in [0.4, 0.5) is 11.5 Å². The zero-order valence-electron chi connectivity index (χ0n) is 17.5. The summed E-state index contributed by atoms with van der Waals surface area (Å²) in [4.78, 5) is 20.3. The first-order valence-corrected chi connectivity index (χ1v) is 9.58. The Morgan fingerprint density at radius 2 is 2.07 bits per heavy atom. The smallest absolute Gasteiger partial charge is 0.225 e. The largest absolute Gasteiger partial charge is 0.491 e. The molecule has 2 rings (SSSR count). The number of ether oxygens (including phenoxy) is 1. The number of benzene rings is 1. The van der Waals surface area contributed by atoms with Gasteiger partial charge in [0.15, 0.2) is 0 Å². The van der Waals surface area contributed by atoms with E-state index < -0.39 is 0 Å². The fourth-order valence-corrected chi connectivity index (χ4v) is 2.73. The molecule has 6 N–H and O–H groups in total. The molecule has 0 bridgehead atoms. The van der Waals surface area contributed by atoms with E-state index in [0.29, 0.717) is 34.8 Å². The van der Waals surface area contributed by atoms with Crippen molar-refractivity contribution in [3.05, 3.63) is 59.4 Å². The molecule has 2 aromatic rings. The molecule has 0 aliphatic carbocycles. The van der Waals surface area contributed by atoms with Gasteiger partial charge >= 0.3 is 0 Å². The lowest BCUT2D eigenvalue weighted by molar-refractivity contribution is -0.116. The van der Waals surface area contributed by atoms with E-state index in [9.17, 15) is 4.79 Å². The van der Waals surface area contributed by atoms with E-state index in [-0.39, 0.29) is 24.1 Å². The maximum Gasteiger partial charge on any atom is 0.225 e. The second kappa shape index (κ2) is 10.8. The minimum Gasteiger partial charge on any atom is -0.491 e. The van der Waals surface area contributed by atoms with Crippen molar-refractivity contribution >= 4 is 29.3 Å². The predicted molar refractivity (Wildman–Crippen MR) is 121 cm³/mol. The highest BCUT2D eigenvalue weighted by Crippen LogP contribution is 2.24. The Bertz CT molecular complexity index is 966. The Morgan fingerprint density at radius 3 is 2.73 bits per heavy atom. The van der Waals surface area contributed by atoms with Gasteiger partial charge in [0.05, 0.1) is 11.8 Å². The summed E-state index contributed by atoms with van der Waals surface area (Å²) in [5, 5.41) is 11.3. The number of nitrogens with zero attached hydrogens (tertiary/aromatic N) is 2. The molecule has 0 spiro atoms. The van der Waals surface area contributed by atoms with Crippen LogP contribution in [0.15, 0.2) is 53.3 Å². The number of rotatable bonds is 9. The second-order valence-electron chi connectivity index (χ2n) is 6.90. The highest BCUT2D eigenvalue weighted by molar-refractivity contribution is 6.14. The molecule has 8 heteroatoms. The van der Waals surface area contributed by atoms with Gasteiger partial charge in [-0.05, 0) is 62.4 Å². The van der Waals surface area contributed by atoms with Crippen LogP contribution in [-0.4, -0.2) is 36.0 Å². The number of nitrogen functional groups attached to an aromatic ring is 1. The first kappa shape index (κ1) is 22.6. The summed E-state index contributed by atoms with van der Waals surface area (Å²) < 4.78 is 5.70. The van der Waals surface area contributed by atoms with Crippen LogP contribution in [-0.2, 0) is 4.79 Å². The fraction of sp³-hybridized carbons (Fsp3) is 0.273. The second-order valence-corrected chi connectivity index (χ2v) is 6.90. The summed E-state index contributed by atoms with van der Waals surface area (Å²) in [6, 6.07) is 8.57. The van der Waals surface area contributed by atoms with E-state index in [1.54, 1.807) is 49.8 Å². The average Bonchev–Trinajstić information content (AvgIpc) is 2.71. The van der Waals surface area contributed by atoms with Gasteiger partial charge in [-0.1, -0.05) is 0 Å². The number of aromatic nitrogens is 1. The summed E-state index contributed by atoms with van der Waals surface area (Å²) in [6.45, 7) is 3.86. The number of anilines is 2. The van der Waals surface area contributed by atoms with E-state index in [0.717, 1.165) is 5.57 Å². The highest BCUT2D eigenvalue weighted by atomic mass is 16.5. The summed E-state index contributed by atoms with van der Waals surface area (Å²) in [7, 11) is 1.64. The van der Waals surface area contributed by atoms with Crippen molar-refractivity contribution in [1.29, 1.82) is 5.41 Å². The van der Waals surface area contributed by atoms with Crippen molar-refractivity contribution in [2.24, 2.45) is 10.7 Å². The molecule has 1 heterocycles. The molecular formula is C22H28N6O2. The van der Waals surface area contributed by atoms with Gasteiger partial charge in [-0.25, -0.2) is 4.98 Å². The van der Waals surface area contributed by atoms with E-state index in [2.05, 4.69) is 15.3 Å². The molecule has 0 aliphatic heterocycles. The summed E-state index contributed by atoms with van der Waals surface area (Å²) >= 11 is 0. The molecular weight excluding hydrogens is 380 g/mol. The van der Waals surface area contributed by atoms with Crippen LogP contribution in [0.3, 0.4) is 0 Å². The topological polar surface area (TPSA) is 139 Å². The van der Waals surface area contributed by atoms with Crippen LogP contribution in [0.1, 0.15) is 37.8 Å². The fourth-order valence-electron chi connectivity index (χ4n) is 2.73. The number of hydrogen-bond donors (Lipinski definition) is 4. The van der Waals surface area contributed by atoms with Crippen LogP contribution < -0.4 is 21.5 Å². The first-order valence-electron chi connectivity index (χ1n) is 9.58. The van der Waals surface area contributed by atoms with Crippen LogP contribution in [0.5, 0.6) is 5.75 Å². The van der Waals surface area contributed by atoms with Crippen molar-refractivity contribution < 1.29 is 9.53 Å². The van der Waals surface area contributed by atoms with Gasteiger partial charge in [-0.3, -0.25) is 15.2 Å². The third kappa shape index (κ3) is 6.44. The van der Waals surface area contributed by atoms with Gasteiger partial charge in [0.1, 0.15) is 11.6 Å². The zero-order valence-corrected chi connectivity index (χ0v) is 17.5. The lowest BCUT2D eigenvalue weighted by Gasteiger charge is -2.14. The van der Waals surface area contributed by atoms with Crippen molar-refractivity contribution in [1.82, 2.24) is 4.98 Å². The summed E-state index contributed by atoms with van der Waals surface area (Å²) in [6.07, 6.45) is 5.31. The van der Waals surface area contributed by atoms with Gasteiger partial charge < -0.3 is 21.5 Å². The monoisotopic (exact) mass is 408 g/mol. The van der Waals surface area contributed by atoms with Crippen molar-refractivity contribution in [2.75, 3.05) is 18.1 Å². The van der Waals surface area contributed by atoms with E-state index in [1.807, 2.05) is 13.8 Å². The average molecular weight is 409 g/mol. The number of carbonyl (C=O) groups is 1. The molecule has 1 amide bonds. The summed E-state index contributed by atoms with van der Waals surface area (Å²) in [5.74, 6) is 0.792. The number of hydrogen-bond acceptors (Lipinski definition) is 7. The molecule has 0 aliphatic rings. The van der Waals surface area contributed by atoms with Crippen molar-refractivity contribution in [3.63, 3.8) is 0 Å².